The molecule has 0 unspecified atom stereocenters. The van der Waals surface area contributed by atoms with Gasteiger partial charge in [-0.3, -0.25) is 0 Å². The number of pyridine rings is 1. The van der Waals surface area contributed by atoms with Crippen molar-refractivity contribution in [3.63, 3.8) is 0 Å². The third-order valence-corrected chi connectivity index (χ3v) is 6.28. The van der Waals surface area contributed by atoms with Crippen molar-refractivity contribution in [3.8, 4) is 10.6 Å². The van der Waals surface area contributed by atoms with Gasteiger partial charge >= 0.3 is 0 Å². The number of benzene rings is 2. The molecule has 0 spiro atoms. The molecular weight excluding hydrogens is 354 g/mol. The third-order valence-electron chi connectivity index (χ3n) is 5.19. The summed E-state index contributed by atoms with van der Waals surface area (Å²) in [5.41, 5.74) is 7.49. The SMILES string of the molecule is Cc1nn2ccccc2c1-c1nc2c(s1)c1[nH]cnc1c1cccc(C)c12. The highest BCUT2D eigenvalue weighted by Gasteiger charge is 2.20. The van der Waals surface area contributed by atoms with Crippen LogP contribution in [0.2, 0.25) is 0 Å². The van der Waals surface area contributed by atoms with Gasteiger partial charge in [0.05, 0.1) is 44.4 Å². The number of thiazole rings is 1. The van der Waals surface area contributed by atoms with E-state index in [1.165, 1.54) is 10.9 Å². The van der Waals surface area contributed by atoms with Gasteiger partial charge in [-0.15, -0.1) is 11.3 Å². The minimum absolute atomic E-state index is 0.988. The molecule has 2 aromatic carbocycles. The molecule has 0 saturated carbocycles. The Morgan fingerprint density at radius 1 is 1.04 bits per heavy atom. The minimum atomic E-state index is 0.988. The molecule has 6 aromatic rings. The number of imidazole rings is 1. The van der Waals surface area contributed by atoms with Crippen LogP contribution in [0.4, 0.5) is 0 Å². The van der Waals surface area contributed by atoms with Crippen molar-refractivity contribution < 1.29 is 0 Å². The van der Waals surface area contributed by atoms with Crippen LogP contribution in [0.3, 0.4) is 0 Å². The number of hydrogen-bond donors (Lipinski definition) is 1. The first-order valence-corrected chi connectivity index (χ1v) is 9.63. The van der Waals surface area contributed by atoms with Crippen LogP contribution < -0.4 is 0 Å². The quantitative estimate of drug-likeness (QED) is 0.430. The van der Waals surface area contributed by atoms with Crippen molar-refractivity contribution in [1.29, 1.82) is 0 Å². The van der Waals surface area contributed by atoms with Gasteiger partial charge in [0.15, 0.2) is 0 Å². The van der Waals surface area contributed by atoms with Gasteiger partial charge in [0.25, 0.3) is 0 Å². The molecule has 27 heavy (non-hydrogen) atoms. The number of hydrogen-bond acceptors (Lipinski definition) is 4. The lowest BCUT2D eigenvalue weighted by atomic mass is 10.0. The lowest BCUT2D eigenvalue weighted by Crippen LogP contribution is -1.84. The molecule has 0 fully saturated rings. The molecule has 0 amide bonds. The summed E-state index contributed by atoms with van der Waals surface area (Å²) >= 11 is 1.71. The van der Waals surface area contributed by atoms with E-state index in [2.05, 4.69) is 46.3 Å². The van der Waals surface area contributed by atoms with E-state index in [-0.39, 0.29) is 0 Å². The van der Waals surface area contributed by atoms with Crippen LogP contribution in [0.25, 0.3) is 48.1 Å². The first kappa shape index (κ1) is 14.9. The maximum Gasteiger partial charge on any atom is 0.128 e. The lowest BCUT2D eigenvalue weighted by molar-refractivity contribution is 0.934. The topological polar surface area (TPSA) is 58.9 Å². The normalized spacial score (nSPS) is 12.1. The van der Waals surface area contributed by atoms with Crippen LogP contribution in [0, 0.1) is 13.8 Å². The number of rotatable bonds is 1. The molecule has 5 nitrogen and oxygen atoms in total. The van der Waals surface area contributed by atoms with Crippen molar-refractivity contribution in [2.75, 3.05) is 0 Å². The summed E-state index contributed by atoms with van der Waals surface area (Å²) < 4.78 is 3.07. The van der Waals surface area contributed by atoms with Gasteiger partial charge < -0.3 is 4.98 Å². The summed E-state index contributed by atoms with van der Waals surface area (Å²) in [5, 5.41) is 7.98. The van der Waals surface area contributed by atoms with Crippen LogP contribution in [0.15, 0.2) is 48.9 Å². The lowest BCUT2D eigenvalue weighted by Gasteiger charge is -2.04. The molecule has 4 aromatic heterocycles. The predicted octanol–water partition coefficient (Wildman–Crippen LogP) is 5.26. The van der Waals surface area contributed by atoms with Gasteiger partial charge in [-0.2, -0.15) is 5.10 Å². The van der Waals surface area contributed by atoms with Gasteiger partial charge in [-0.05, 0) is 31.5 Å². The summed E-state index contributed by atoms with van der Waals surface area (Å²) in [5.74, 6) is 0. The second kappa shape index (κ2) is 5.14. The molecule has 0 aliphatic carbocycles. The fraction of sp³-hybridized carbons (Fsp3) is 0.0952. The molecule has 0 aliphatic rings. The van der Waals surface area contributed by atoms with Gasteiger partial charge in [-0.1, -0.05) is 24.3 Å². The molecule has 130 valence electrons. The number of aromatic amines is 1. The zero-order valence-corrected chi connectivity index (χ0v) is 15.6. The van der Waals surface area contributed by atoms with E-state index in [0.29, 0.717) is 0 Å². The second-order valence-corrected chi connectivity index (χ2v) is 7.81. The van der Waals surface area contributed by atoms with E-state index < -0.39 is 0 Å². The Morgan fingerprint density at radius 3 is 2.89 bits per heavy atom. The highest BCUT2D eigenvalue weighted by molar-refractivity contribution is 7.22. The van der Waals surface area contributed by atoms with E-state index in [9.17, 15) is 0 Å². The Morgan fingerprint density at radius 2 is 1.96 bits per heavy atom. The maximum absolute atomic E-state index is 5.10. The van der Waals surface area contributed by atoms with Crippen molar-refractivity contribution in [2.45, 2.75) is 13.8 Å². The Labute approximate surface area is 158 Å². The second-order valence-electron chi connectivity index (χ2n) is 6.81. The van der Waals surface area contributed by atoms with Crippen molar-refractivity contribution >= 4 is 48.9 Å². The van der Waals surface area contributed by atoms with Crippen molar-refractivity contribution in [2.24, 2.45) is 0 Å². The summed E-state index contributed by atoms with van der Waals surface area (Å²) in [7, 11) is 0. The Kier molecular flexibility index (Phi) is 2.83. The third kappa shape index (κ3) is 1.90. The molecular formula is C21H15N5S. The summed E-state index contributed by atoms with van der Waals surface area (Å²) in [4.78, 5) is 13.0. The Balaban J connectivity index is 1.81. The average molecular weight is 369 g/mol. The van der Waals surface area contributed by atoms with Gasteiger partial charge in [-0.25, -0.2) is 14.5 Å². The van der Waals surface area contributed by atoms with Crippen molar-refractivity contribution in [3.05, 3.63) is 60.2 Å². The summed E-state index contributed by atoms with van der Waals surface area (Å²) in [6.45, 7) is 4.18. The number of nitrogens with zero attached hydrogens (tertiary/aromatic N) is 4. The number of H-pyrrole nitrogens is 1. The van der Waals surface area contributed by atoms with Crippen LogP contribution >= 0.6 is 11.3 Å². The van der Waals surface area contributed by atoms with Crippen molar-refractivity contribution in [1.82, 2.24) is 24.6 Å². The molecule has 0 bridgehead atoms. The smallest absolute Gasteiger partial charge is 0.128 e. The van der Waals surface area contributed by atoms with E-state index in [0.717, 1.165) is 48.4 Å². The van der Waals surface area contributed by atoms with E-state index in [1.54, 1.807) is 17.7 Å². The van der Waals surface area contributed by atoms with Crippen LogP contribution in [-0.2, 0) is 0 Å². The molecule has 4 heterocycles. The monoisotopic (exact) mass is 369 g/mol. The standard InChI is InChI=1S/C21H15N5S/c1-11-6-5-7-13-15(11)18-20(19-17(13)22-10-23-19)27-21(24-18)16-12(2)25-26-9-4-3-8-14(16)26/h3-10H,1-2H3,(H,22,23). The number of fused-ring (bicyclic) bond motifs is 7. The largest absolute Gasteiger partial charge is 0.343 e. The maximum atomic E-state index is 5.10. The molecule has 0 radical (unpaired) electrons. The molecule has 1 N–H and O–H groups in total. The average Bonchev–Trinajstić information content (AvgIpc) is 3.36. The van der Waals surface area contributed by atoms with Gasteiger partial charge in [0, 0.05) is 17.0 Å². The first-order valence-electron chi connectivity index (χ1n) is 8.81. The minimum Gasteiger partial charge on any atom is -0.343 e. The Bertz CT molecular complexity index is 1500. The molecule has 6 heteroatoms. The number of nitrogens with one attached hydrogen (secondary N) is 1. The highest BCUT2D eigenvalue weighted by atomic mass is 32.1. The molecule has 6 rings (SSSR count). The summed E-state index contributed by atoms with van der Waals surface area (Å²) in [6, 6.07) is 12.5. The fourth-order valence-electron chi connectivity index (χ4n) is 4.00. The summed E-state index contributed by atoms with van der Waals surface area (Å²) in [6.07, 6.45) is 3.75. The zero-order chi connectivity index (χ0) is 18.1. The van der Waals surface area contributed by atoms with E-state index in [1.807, 2.05) is 29.8 Å². The fourth-order valence-corrected chi connectivity index (χ4v) is 5.18. The first-order chi connectivity index (χ1) is 13.2. The molecule has 0 aliphatic heterocycles. The number of aryl methyl sites for hydroxylation is 2. The Hall–Kier alpha value is -3.25. The predicted molar refractivity (Wildman–Crippen MR) is 110 cm³/mol. The molecule has 0 saturated heterocycles. The van der Waals surface area contributed by atoms with Crippen LogP contribution in [-0.4, -0.2) is 24.6 Å². The highest BCUT2D eigenvalue weighted by Crippen LogP contribution is 2.41. The van der Waals surface area contributed by atoms with E-state index in [4.69, 9.17) is 4.98 Å². The zero-order valence-electron chi connectivity index (χ0n) is 14.8. The van der Waals surface area contributed by atoms with Gasteiger partial charge in [0.2, 0.25) is 0 Å². The van der Waals surface area contributed by atoms with Crippen LogP contribution in [0.5, 0.6) is 0 Å². The van der Waals surface area contributed by atoms with Gasteiger partial charge in [0.1, 0.15) is 5.01 Å². The van der Waals surface area contributed by atoms with E-state index >= 15 is 0 Å². The number of aromatic nitrogens is 5. The van der Waals surface area contributed by atoms with Crippen LogP contribution in [0.1, 0.15) is 11.3 Å². The molecule has 0 atom stereocenters.